The molecule has 0 radical (unpaired) electrons. The lowest BCUT2D eigenvalue weighted by Gasteiger charge is -2.07. The van der Waals surface area contributed by atoms with Gasteiger partial charge in [-0.2, -0.15) is 0 Å². The molecule has 1 aromatic heterocycles. The van der Waals surface area contributed by atoms with Crippen molar-refractivity contribution in [1.29, 1.82) is 0 Å². The van der Waals surface area contributed by atoms with Gasteiger partial charge in [0.05, 0.1) is 0 Å². The van der Waals surface area contributed by atoms with Gasteiger partial charge in [0.1, 0.15) is 0 Å². The summed E-state index contributed by atoms with van der Waals surface area (Å²) in [5.41, 5.74) is 2.64. The van der Waals surface area contributed by atoms with Crippen molar-refractivity contribution in [3.63, 3.8) is 0 Å². The van der Waals surface area contributed by atoms with Crippen LogP contribution in [0, 0.1) is 0 Å². The molecule has 15 heavy (non-hydrogen) atoms. The standard InChI is InChI=1S/C14H19N/c1-3-4-7-11(2)14-10-12-8-5-6-9-13(12)15-14/h5-6,8-11,15H,3-4,7H2,1-2H3. The monoisotopic (exact) mass is 201 g/mol. The molecule has 0 aliphatic heterocycles. The molecule has 0 bridgehead atoms. The van der Waals surface area contributed by atoms with E-state index in [-0.39, 0.29) is 0 Å². The van der Waals surface area contributed by atoms with Gasteiger partial charge in [-0.1, -0.05) is 44.9 Å². The van der Waals surface area contributed by atoms with Crippen LogP contribution >= 0.6 is 0 Å². The minimum atomic E-state index is 0.650. The number of hydrogen-bond acceptors (Lipinski definition) is 0. The lowest BCUT2D eigenvalue weighted by Crippen LogP contribution is -1.92. The van der Waals surface area contributed by atoms with E-state index in [1.54, 1.807) is 0 Å². The van der Waals surface area contributed by atoms with Crippen LogP contribution in [0.5, 0.6) is 0 Å². The average molecular weight is 201 g/mol. The molecular weight excluding hydrogens is 182 g/mol. The molecule has 1 nitrogen and oxygen atoms in total. The van der Waals surface area contributed by atoms with E-state index in [9.17, 15) is 0 Å². The van der Waals surface area contributed by atoms with Crippen LogP contribution in [0.3, 0.4) is 0 Å². The summed E-state index contributed by atoms with van der Waals surface area (Å²) >= 11 is 0. The number of rotatable bonds is 4. The fraction of sp³-hybridized carbons (Fsp3) is 0.429. The highest BCUT2D eigenvalue weighted by atomic mass is 14.7. The first-order chi connectivity index (χ1) is 7.31. The molecule has 0 saturated carbocycles. The number of H-pyrrole nitrogens is 1. The van der Waals surface area contributed by atoms with Crippen molar-refractivity contribution in [3.05, 3.63) is 36.0 Å². The van der Waals surface area contributed by atoms with Crippen molar-refractivity contribution in [2.75, 3.05) is 0 Å². The Hall–Kier alpha value is -1.24. The Morgan fingerprint density at radius 3 is 2.80 bits per heavy atom. The van der Waals surface area contributed by atoms with Crippen molar-refractivity contribution in [3.8, 4) is 0 Å². The molecule has 0 fully saturated rings. The van der Waals surface area contributed by atoms with Gasteiger partial charge in [-0.3, -0.25) is 0 Å². The molecule has 2 aromatic rings. The maximum atomic E-state index is 3.50. The van der Waals surface area contributed by atoms with Crippen molar-refractivity contribution in [1.82, 2.24) is 4.98 Å². The summed E-state index contributed by atoms with van der Waals surface area (Å²) in [6.45, 7) is 4.55. The molecule has 1 heteroatoms. The number of aromatic amines is 1. The van der Waals surface area contributed by atoms with Crippen molar-refractivity contribution in [2.24, 2.45) is 0 Å². The van der Waals surface area contributed by atoms with E-state index in [4.69, 9.17) is 0 Å². The summed E-state index contributed by atoms with van der Waals surface area (Å²) in [4.78, 5) is 3.50. The molecule has 1 aromatic carbocycles. The Bertz CT molecular complexity index is 395. The second-order valence-corrected chi connectivity index (χ2v) is 4.36. The summed E-state index contributed by atoms with van der Waals surface area (Å²) in [7, 11) is 0. The van der Waals surface area contributed by atoms with Crippen molar-refractivity contribution in [2.45, 2.75) is 39.0 Å². The van der Waals surface area contributed by atoms with Crippen LogP contribution in [0.2, 0.25) is 0 Å². The predicted molar refractivity (Wildman–Crippen MR) is 66.2 cm³/mol. The lowest BCUT2D eigenvalue weighted by atomic mass is 10.0. The van der Waals surface area contributed by atoms with E-state index in [1.165, 1.54) is 35.9 Å². The Morgan fingerprint density at radius 2 is 2.07 bits per heavy atom. The molecule has 1 N–H and O–H groups in total. The number of para-hydroxylation sites is 1. The van der Waals surface area contributed by atoms with Gasteiger partial charge >= 0.3 is 0 Å². The van der Waals surface area contributed by atoms with Crippen LogP contribution in [-0.2, 0) is 0 Å². The van der Waals surface area contributed by atoms with E-state index in [2.05, 4.69) is 49.2 Å². The van der Waals surface area contributed by atoms with E-state index >= 15 is 0 Å². The van der Waals surface area contributed by atoms with Gasteiger partial charge in [-0.05, 0) is 29.9 Å². The third-order valence-electron chi connectivity index (χ3n) is 3.07. The van der Waals surface area contributed by atoms with Crippen LogP contribution in [0.15, 0.2) is 30.3 Å². The summed E-state index contributed by atoms with van der Waals surface area (Å²) in [6, 6.07) is 10.8. The zero-order chi connectivity index (χ0) is 10.7. The maximum Gasteiger partial charge on any atom is 0.0456 e. The summed E-state index contributed by atoms with van der Waals surface area (Å²) in [6.07, 6.45) is 3.88. The zero-order valence-corrected chi connectivity index (χ0v) is 9.59. The summed E-state index contributed by atoms with van der Waals surface area (Å²) < 4.78 is 0. The van der Waals surface area contributed by atoms with Gasteiger partial charge in [-0.25, -0.2) is 0 Å². The van der Waals surface area contributed by atoms with Crippen LogP contribution in [0.25, 0.3) is 10.9 Å². The summed E-state index contributed by atoms with van der Waals surface area (Å²) in [5, 5.41) is 1.33. The Balaban J connectivity index is 2.20. The van der Waals surface area contributed by atoms with Gasteiger partial charge in [0.15, 0.2) is 0 Å². The molecule has 1 atom stereocenters. The van der Waals surface area contributed by atoms with Gasteiger partial charge in [0.2, 0.25) is 0 Å². The van der Waals surface area contributed by atoms with E-state index in [1.807, 2.05) is 0 Å². The Morgan fingerprint density at radius 1 is 1.27 bits per heavy atom. The molecule has 0 saturated heterocycles. The molecule has 1 unspecified atom stereocenters. The number of fused-ring (bicyclic) bond motifs is 1. The fourth-order valence-electron chi connectivity index (χ4n) is 2.03. The van der Waals surface area contributed by atoms with Gasteiger partial charge in [0.25, 0.3) is 0 Å². The minimum Gasteiger partial charge on any atom is -0.358 e. The molecule has 0 aliphatic rings. The number of benzene rings is 1. The third-order valence-corrected chi connectivity index (χ3v) is 3.07. The van der Waals surface area contributed by atoms with Crippen LogP contribution in [-0.4, -0.2) is 4.98 Å². The van der Waals surface area contributed by atoms with E-state index in [0.717, 1.165) is 0 Å². The molecule has 80 valence electrons. The van der Waals surface area contributed by atoms with Gasteiger partial charge < -0.3 is 4.98 Å². The normalized spacial score (nSPS) is 13.2. The Labute approximate surface area is 91.5 Å². The molecule has 0 aliphatic carbocycles. The molecule has 0 spiro atoms. The number of unbranched alkanes of at least 4 members (excludes halogenated alkanes) is 1. The number of nitrogens with one attached hydrogen (secondary N) is 1. The van der Waals surface area contributed by atoms with Crippen LogP contribution in [0.1, 0.15) is 44.7 Å². The second kappa shape index (κ2) is 4.52. The van der Waals surface area contributed by atoms with E-state index in [0.29, 0.717) is 5.92 Å². The zero-order valence-electron chi connectivity index (χ0n) is 9.59. The first-order valence-corrected chi connectivity index (χ1v) is 5.89. The van der Waals surface area contributed by atoms with Crippen LogP contribution in [0.4, 0.5) is 0 Å². The minimum absolute atomic E-state index is 0.650. The highest BCUT2D eigenvalue weighted by molar-refractivity contribution is 5.80. The predicted octanol–water partition coefficient (Wildman–Crippen LogP) is 4.46. The highest BCUT2D eigenvalue weighted by Crippen LogP contribution is 2.24. The summed E-state index contributed by atoms with van der Waals surface area (Å²) in [5.74, 6) is 0.650. The average Bonchev–Trinajstić information content (AvgIpc) is 2.69. The smallest absolute Gasteiger partial charge is 0.0456 e. The van der Waals surface area contributed by atoms with Crippen molar-refractivity contribution < 1.29 is 0 Å². The van der Waals surface area contributed by atoms with Gasteiger partial charge in [-0.15, -0.1) is 0 Å². The first kappa shape index (κ1) is 10.3. The number of hydrogen-bond donors (Lipinski definition) is 1. The topological polar surface area (TPSA) is 15.8 Å². The quantitative estimate of drug-likeness (QED) is 0.751. The van der Waals surface area contributed by atoms with Crippen molar-refractivity contribution >= 4 is 10.9 Å². The molecule has 1 heterocycles. The molecule has 0 amide bonds. The Kier molecular flexibility index (Phi) is 3.10. The maximum absolute atomic E-state index is 3.50. The fourth-order valence-corrected chi connectivity index (χ4v) is 2.03. The molecule has 2 rings (SSSR count). The largest absolute Gasteiger partial charge is 0.358 e. The number of aromatic nitrogens is 1. The van der Waals surface area contributed by atoms with E-state index < -0.39 is 0 Å². The SMILES string of the molecule is CCCCC(C)c1cc2ccccc2[nH]1. The van der Waals surface area contributed by atoms with Crippen LogP contribution < -0.4 is 0 Å². The first-order valence-electron chi connectivity index (χ1n) is 5.89. The van der Waals surface area contributed by atoms with Gasteiger partial charge in [0, 0.05) is 11.2 Å². The highest BCUT2D eigenvalue weighted by Gasteiger charge is 2.07. The third kappa shape index (κ3) is 2.23. The second-order valence-electron chi connectivity index (χ2n) is 4.36. The lowest BCUT2D eigenvalue weighted by molar-refractivity contribution is 0.615. The molecular formula is C14H19N.